The van der Waals surface area contributed by atoms with Gasteiger partial charge in [-0.15, -0.1) is 0 Å². The molecule has 80 valence electrons. The maximum absolute atomic E-state index is 13.4. The van der Waals surface area contributed by atoms with Gasteiger partial charge < -0.3 is 4.79 Å². The number of halogens is 2. The summed E-state index contributed by atoms with van der Waals surface area (Å²) in [5, 5.41) is 0.520. The zero-order valence-corrected chi connectivity index (χ0v) is 9.06. The first-order valence-corrected chi connectivity index (χ1v) is 5.43. The highest BCUT2D eigenvalue weighted by Crippen LogP contribution is 2.42. The molecule has 1 aromatic carbocycles. The molecule has 0 bridgehead atoms. The van der Waals surface area contributed by atoms with Crippen LogP contribution in [0.25, 0.3) is 0 Å². The van der Waals surface area contributed by atoms with E-state index in [1.165, 1.54) is 12.1 Å². The molecule has 2 rings (SSSR count). The molecular formula is C12H12ClFO. The van der Waals surface area contributed by atoms with Crippen LogP contribution < -0.4 is 0 Å². The van der Waals surface area contributed by atoms with Crippen LogP contribution >= 0.6 is 11.6 Å². The quantitative estimate of drug-likeness (QED) is 0.722. The molecule has 1 nitrogen and oxygen atoms in total. The highest BCUT2D eigenvalue weighted by atomic mass is 35.5. The van der Waals surface area contributed by atoms with E-state index in [0.29, 0.717) is 17.0 Å². The molecule has 3 heteroatoms. The highest BCUT2D eigenvalue weighted by molar-refractivity contribution is 6.30. The van der Waals surface area contributed by atoms with Crippen LogP contribution in [0.3, 0.4) is 0 Å². The van der Waals surface area contributed by atoms with Gasteiger partial charge in [-0.3, -0.25) is 0 Å². The Labute approximate surface area is 93.2 Å². The number of aldehydes is 1. The summed E-state index contributed by atoms with van der Waals surface area (Å²) in [6, 6.07) is 4.49. The fourth-order valence-corrected chi connectivity index (χ4v) is 2.22. The molecule has 1 aromatic rings. The van der Waals surface area contributed by atoms with Crippen LogP contribution in [0, 0.1) is 11.2 Å². The molecule has 0 aromatic heterocycles. The number of hydrogen-bond acceptors (Lipinski definition) is 1. The first kappa shape index (κ1) is 10.6. The molecule has 0 amide bonds. The van der Waals surface area contributed by atoms with Crippen molar-refractivity contribution in [3.63, 3.8) is 0 Å². The van der Waals surface area contributed by atoms with Crippen molar-refractivity contribution in [3.8, 4) is 0 Å². The summed E-state index contributed by atoms with van der Waals surface area (Å²) in [4.78, 5) is 11.0. The standard InChI is InChI=1S/C12H12ClFO/c13-10-2-3-11(14)9(6-10)7-12(8-15)4-1-5-12/h2-3,6,8H,1,4-5,7H2. The van der Waals surface area contributed by atoms with Gasteiger partial charge in [0.1, 0.15) is 12.1 Å². The monoisotopic (exact) mass is 226 g/mol. The van der Waals surface area contributed by atoms with E-state index < -0.39 is 0 Å². The van der Waals surface area contributed by atoms with Crippen LogP contribution in [0.1, 0.15) is 24.8 Å². The number of carbonyl (C=O) groups excluding carboxylic acids is 1. The third-order valence-electron chi connectivity index (χ3n) is 3.15. The SMILES string of the molecule is O=CC1(Cc2cc(Cl)ccc2F)CCC1. The Balaban J connectivity index is 2.23. The largest absolute Gasteiger partial charge is 0.303 e. The molecule has 1 saturated carbocycles. The Morgan fingerprint density at radius 2 is 2.20 bits per heavy atom. The average Bonchev–Trinajstić information content (AvgIpc) is 2.17. The van der Waals surface area contributed by atoms with Crippen molar-refractivity contribution in [3.05, 3.63) is 34.6 Å². The summed E-state index contributed by atoms with van der Waals surface area (Å²) >= 11 is 5.80. The van der Waals surface area contributed by atoms with Crippen LogP contribution in [0.2, 0.25) is 5.02 Å². The van der Waals surface area contributed by atoms with Gasteiger partial charge in [0.25, 0.3) is 0 Å². The van der Waals surface area contributed by atoms with E-state index in [1.54, 1.807) is 6.07 Å². The van der Waals surface area contributed by atoms with E-state index >= 15 is 0 Å². The van der Waals surface area contributed by atoms with Crippen molar-refractivity contribution in [2.75, 3.05) is 0 Å². The molecule has 0 N–H and O–H groups in total. The third kappa shape index (κ3) is 2.05. The van der Waals surface area contributed by atoms with Crippen molar-refractivity contribution in [2.24, 2.45) is 5.41 Å². The van der Waals surface area contributed by atoms with Crippen LogP contribution in [0.5, 0.6) is 0 Å². The Kier molecular flexibility index (Phi) is 2.79. The van der Waals surface area contributed by atoms with E-state index in [1.807, 2.05) is 0 Å². The van der Waals surface area contributed by atoms with Crippen molar-refractivity contribution < 1.29 is 9.18 Å². The lowest BCUT2D eigenvalue weighted by atomic mass is 9.66. The van der Waals surface area contributed by atoms with Gasteiger partial charge >= 0.3 is 0 Å². The zero-order valence-electron chi connectivity index (χ0n) is 8.30. The normalized spacial score (nSPS) is 18.3. The lowest BCUT2D eigenvalue weighted by Gasteiger charge is -2.36. The molecule has 0 spiro atoms. The summed E-state index contributed by atoms with van der Waals surface area (Å²) in [6.07, 6.45) is 4.23. The molecule has 0 saturated heterocycles. The average molecular weight is 227 g/mol. The van der Waals surface area contributed by atoms with Gasteiger partial charge in [0.15, 0.2) is 0 Å². The van der Waals surface area contributed by atoms with E-state index in [4.69, 9.17) is 11.6 Å². The molecule has 0 aliphatic heterocycles. The summed E-state index contributed by atoms with van der Waals surface area (Å²) in [7, 11) is 0. The Morgan fingerprint density at radius 3 is 2.73 bits per heavy atom. The molecule has 0 atom stereocenters. The second-order valence-corrected chi connectivity index (χ2v) is 4.68. The summed E-state index contributed by atoms with van der Waals surface area (Å²) in [5.41, 5.74) is 0.222. The van der Waals surface area contributed by atoms with Gasteiger partial charge in [0.2, 0.25) is 0 Å². The van der Waals surface area contributed by atoms with Crippen LogP contribution in [0.15, 0.2) is 18.2 Å². The fourth-order valence-electron chi connectivity index (χ4n) is 2.03. The van der Waals surface area contributed by atoms with Gasteiger partial charge in [-0.25, -0.2) is 4.39 Å². The molecule has 1 aliphatic carbocycles. The minimum Gasteiger partial charge on any atom is -0.303 e. The summed E-state index contributed by atoms with van der Waals surface area (Å²) < 4.78 is 13.4. The van der Waals surface area contributed by atoms with Crippen LogP contribution in [0.4, 0.5) is 4.39 Å². The number of carbonyl (C=O) groups is 1. The fraction of sp³-hybridized carbons (Fsp3) is 0.417. The molecular weight excluding hydrogens is 215 g/mol. The maximum atomic E-state index is 13.4. The van der Waals surface area contributed by atoms with E-state index in [-0.39, 0.29) is 11.2 Å². The Morgan fingerprint density at radius 1 is 1.47 bits per heavy atom. The van der Waals surface area contributed by atoms with Crippen molar-refractivity contribution in [1.82, 2.24) is 0 Å². The van der Waals surface area contributed by atoms with Gasteiger partial charge in [0.05, 0.1) is 0 Å². The second kappa shape index (κ2) is 3.93. The van der Waals surface area contributed by atoms with Crippen molar-refractivity contribution >= 4 is 17.9 Å². The molecule has 1 aliphatic rings. The van der Waals surface area contributed by atoms with Gasteiger partial charge in [-0.05, 0) is 43.0 Å². The third-order valence-corrected chi connectivity index (χ3v) is 3.38. The summed E-state index contributed by atoms with van der Waals surface area (Å²) in [5.74, 6) is -0.271. The number of rotatable bonds is 3. The van der Waals surface area contributed by atoms with Crippen molar-refractivity contribution in [2.45, 2.75) is 25.7 Å². The van der Waals surface area contributed by atoms with E-state index in [0.717, 1.165) is 25.5 Å². The van der Waals surface area contributed by atoms with Crippen molar-refractivity contribution in [1.29, 1.82) is 0 Å². The maximum Gasteiger partial charge on any atom is 0.126 e. The summed E-state index contributed by atoms with van der Waals surface area (Å²) in [6.45, 7) is 0. The minimum atomic E-state index is -0.328. The Hall–Kier alpha value is -0.890. The first-order chi connectivity index (χ1) is 7.15. The predicted molar refractivity (Wildman–Crippen MR) is 57.5 cm³/mol. The molecule has 1 fully saturated rings. The second-order valence-electron chi connectivity index (χ2n) is 4.25. The number of hydrogen-bond donors (Lipinski definition) is 0. The lowest BCUT2D eigenvalue weighted by molar-refractivity contribution is -0.120. The van der Waals surface area contributed by atoms with Gasteiger partial charge in [0, 0.05) is 10.4 Å². The topological polar surface area (TPSA) is 17.1 Å². The van der Waals surface area contributed by atoms with Gasteiger partial charge in [-0.1, -0.05) is 18.0 Å². The van der Waals surface area contributed by atoms with E-state index in [9.17, 15) is 9.18 Å². The van der Waals surface area contributed by atoms with Crippen LogP contribution in [-0.2, 0) is 11.2 Å². The Bertz CT molecular complexity index is 385. The molecule has 0 unspecified atom stereocenters. The lowest BCUT2D eigenvalue weighted by Crippen LogP contribution is -2.33. The molecule has 0 radical (unpaired) electrons. The van der Waals surface area contributed by atoms with Gasteiger partial charge in [-0.2, -0.15) is 0 Å². The predicted octanol–water partition coefficient (Wildman–Crippen LogP) is 3.39. The molecule has 15 heavy (non-hydrogen) atoms. The minimum absolute atomic E-state index is 0.271. The van der Waals surface area contributed by atoms with E-state index in [2.05, 4.69) is 0 Å². The first-order valence-electron chi connectivity index (χ1n) is 5.05. The smallest absolute Gasteiger partial charge is 0.126 e. The zero-order chi connectivity index (χ0) is 10.9. The highest BCUT2D eigenvalue weighted by Gasteiger charge is 2.37. The number of benzene rings is 1. The van der Waals surface area contributed by atoms with Crippen LogP contribution in [-0.4, -0.2) is 6.29 Å². The molecule has 0 heterocycles.